The molecule has 7 heteroatoms. The van der Waals surface area contributed by atoms with Gasteiger partial charge in [0.25, 0.3) is 0 Å². The van der Waals surface area contributed by atoms with Crippen molar-refractivity contribution in [2.24, 2.45) is 5.73 Å². The normalized spacial score (nSPS) is 12.6. The molecule has 0 fully saturated rings. The van der Waals surface area contributed by atoms with Crippen molar-refractivity contribution in [3.63, 3.8) is 0 Å². The maximum Gasteiger partial charge on any atom is 0.343 e. The molecule has 0 radical (unpaired) electrons. The Balaban J connectivity index is 2.33. The number of benzene rings is 1. The molecule has 2 rings (SSSR count). The Bertz CT molecular complexity index is 667. The van der Waals surface area contributed by atoms with Crippen LogP contribution in [0.25, 0.3) is 0 Å². The maximum atomic E-state index is 11.6. The minimum absolute atomic E-state index is 0.137. The molecule has 1 aromatic carbocycles. The van der Waals surface area contributed by atoms with Crippen LogP contribution in [0, 0.1) is 0 Å². The summed E-state index contributed by atoms with van der Waals surface area (Å²) >= 11 is 4.98. The third-order valence-electron chi connectivity index (χ3n) is 3.28. The van der Waals surface area contributed by atoms with Crippen LogP contribution in [0.15, 0.2) is 37.5 Å². The fraction of sp³-hybridized carbons (Fsp3) is 0.429. The van der Waals surface area contributed by atoms with Gasteiger partial charge in [0.1, 0.15) is 0 Å². The minimum Gasteiger partial charge on any atom is -0.327 e. The van der Waals surface area contributed by atoms with E-state index in [1.165, 1.54) is 17.3 Å². The topological polar surface area (TPSA) is 76.7 Å². The van der Waals surface area contributed by atoms with Crippen molar-refractivity contribution < 1.29 is 0 Å². The summed E-state index contributed by atoms with van der Waals surface area (Å²) in [4.78, 5) is 12.7. The first-order valence-corrected chi connectivity index (χ1v) is 8.53. The molecule has 0 saturated carbocycles. The van der Waals surface area contributed by atoms with E-state index in [1.54, 1.807) is 4.57 Å². The van der Waals surface area contributed by atoms with Gasteiger partial charge in [-0.05, 0) is 49.2 Å². The average Bonchev–Trinajstić information content (AvgIpc) is 2.81. The van der Waals surface area contributed by atoms with Gasteiger partial charge < -0.3 is 5.73 Å². The quantitative estimate of drug-likeness (QED) is 0.819. The number of rotatable bonds is 6. The van der Waals surface area contributed by atoms with E-state index in [4.69, 9.17) is 5.73 Å². The number of nitrogens with zero attached hydrogens (tertiary/aromatic N) is 2. The molecule has 1 heterocycles. The standard InChI is InChI=1S/C14H19BrN4OS/c1-3-11(16)7-9-5-6-10(15)8-12(9)21-14-18-17-13(20)19(14)4-2/h5-6,8,11H,3-4,7,16H2,1-2H3,(H,17,20). The summed E-state index contributed by atoms with van der Waals surface area (Å²) in [6.45, 7) is 4.60. The molecule has 5 nitrogen and oxygen atoms in total. The predicted octanol–water partition coefficient (Wildman–Crippen LogP) is 2.78. The Morgan fingerprint density at radius 3 is 2.90 bits per heavy atom. The second kappa shape index (κ2) is 7.29. The van der Waals surface area contributed by atoms with Gasteiger partial charge in [0, 0.05) is 22.0 Å². The molecule has 0 aliphatic rings. The molecular formula is C14H19BrN4OS. The highest BCUT2D eigenvalue weighted by Crippen LogP contribution is 2.31. The lowest BCUT2D eigenvalue weighted by Gasteiger charge is -2.13. The number of nitrogens with one attached hydrogen (secondary N) is 1. The molecule has 0 spiro atoms. The van der Waals surface area contributed by atoms with Gasteiger partial charge in [-0.2, -0.15) is 0 Å². The van der Waals surface area contributed by atoms with E-state index in [0.717, 1.165) is 22.2 Å². The second-order valence-corrected chi connectivity index (χ2v) is 6.71. The van der Waals surface area contributed by atoms with Crippen molar-refractivity contribution in [3.8, 4) is 0 Å². The Kier molecular flexibility index (Phi) is 5.66. The molecule has 2 aromatic rings. The van der Waals surface area contributed by atoms with E-state index in [1.807, 2.05) is 19.1 Å². The highest BCUT2D eigenvalue weighted by Gasteiger charge is 2.13. The van der Waals surface area contributed by atoms with Gasteiger partial charge in [-0.25, -0.2) is 9.89 Å². The molecule has 0 saturated heterocycles. The molecule has 21 heavy (non-hydrogen) atoms. The summed E-state index contributed by atoms with van der Waals surface area (Å²) in [6, 6.07) is 6.27. The number of nitrogens with two attached hydrogens (primary N) is 1. The highest BCUT2D eigenvalue weighted by atomic mass is 79.9. The van der Waals surface area contributed by atoms with E-state index in [0.29, 0.717) is 11.7 Å². The van der Waals surface area contributed by atoms with Crippen molar-refractivity contribution in [2.45, 2.75) is 49.3 Å². The maximum absolute atomic E-state index is 11.6. The number of hydrogen-bond donors (Lipinski definition) is 2. The van der Waals surface area contributed by atoms with Crippen LogP contribution in [0.1, 0.15) is 25.8 Å². The van der Waals surface area contributed by atoms with E-state index in [2.05, 4.69) is 39.1 Å². The number of H-pyrrole nitrogens is 1. The van der Waals surface area contributed by atoms with Gasteiger partial charge in [0.15, 0.2) is 5.16 Å². The summed E-state index contributed by atoms with van der Waals surface area (Å²) in [5, 5.41) is 7.26. The van der Waals surface area contributed by atoms with Crippen LogP contribution in [0.3, 0.4) is 0 Å². The van der Waals surface area contributed by atoms with Gasteiger partial charge in [-0.15, -0.1) is 5.10 Å². The Labute approximate surface area is 136 Å². The van der Waals surface area contributed by atoms with Crippen molar-refractivity contribution in [3.05, 3.63) is 38.7 Å². The third-order valence-corrected chi connectivity index (χ3v) is 4.86. The van der Waals surface area contributed by atoms with Gasteiger partial charge in [-0.3, -0.25) is 4.57 Å². The molecule has 0 aliphatic heterocycles. The molecule has 0 aliphatic carbocycles. The predicted molar refractivity (Wildman–Crippen MR) is 88.8 cm³/mol. The zero-order chi connectivity index (χ0) is 15.4. The third kappa shape index (κ3) is 3.99. The van der Waals surface area contributed by atoms with Gasteiger partial charge in [-0.1, -0.05) is 28.9 Å². The monoisotopic (exact) mass is 370 g/mol. The first kappa shape index (κ1) is 16.3. The lowest BCUT2D eigenvalue weighted by atomic mass is 10.1. The first-order chi connectivity index (χ1) is 10.0. The Morgan fingerprint density at radius 1 is 1.48 bits per heavy atom. The van der Waals surface area contributed by atoms with Crippen LogP contribution in [-0.2, 0) is 13.0 Å². The van der Waals surface area contributed by atoms with Crippen LogP contribution < -0.4 is 11.4 Å². The zero-order valence-electron chi connectivity index (χ0n) is 12.1. The average molecular weight is 371 g/mol. The number of hydrogen-bond acceptors (Lipinski definition) is 4. The summed E-state index contributed by atoms with van der Waals surface area (Å²) in [6.07, 6.45) is 1.75. The van der Waals surface area contributed by atoms with E-state index in [9.17, 15) is 4.79 Å². The van der Waals surface area contributed by atoms with E-state index < -0.39 is 0 Å². The lowest BCUT2D eigenvalue weighted by molar-refractivity contribution is 0.639. The van der Waals surface area contributed by atoms with Crippen LogP contribution in [0.5, 0.6) is 0 Å². The van der Waals surface area contributed by atoms with E-state index >= 15 is 0 Å². The highest BCUT2D eigenvalue weighted by molar-refractivity contribution is 9.10. The number of halogens is 1. The smallest absolute Gasteiger partial charge is 0.327 e. The van der Waals surface area contributed by atoms with Crippen molar-refractivity contribution in [1.29, 1.82) is 0 Å². The number of aromatic nitrogens is 3. The van der Waals surface area contributed by atoms with Gasteiger partial charge in [0.2, 0.25) is 0 Å². The van der Waals surface area contributed by atoms with Crippen LogP contribution in [0.4, 0.5) is 0 Å². The summed E-state index contributed by atoms with van der Waals surface area (Å²) in [5.41, 5.74) is 7.07. The van der Waals surface area contributed by atoms with Crippen LogP contribution in [-0.4, -0.2) is 20.8 Å². The SMILES string of the molecule is CCC(N)Cc1ccc(Br)cc1Sc1n[nH]c(=O)n1CC. The molecule has 114 valence electrons. The number of aromatic amines is 1. The minimum atomic E-state index is -0.179. The fourth-order valence-corrected chi connectivity index (χ4v) is 3.57. The van der Waals surface area contributed by atoms with Crippen molar-refractivity contribution in [2.75, 3.05) is 0 Å². The molecule has 1 atom stereocenters. The largest absolute Gasteiger partial charge is 0.343 e. The lowest BCUT2D eigenvalue weighted by Crippen LogP contribution is -2.21. The zero-order valence-corrected chi connectivity index (χ0v) is 14.5. The summed E-state index contributed by atoms with van der Waals surface area (Å²) in [7, 11) is 0. The van der Waals surface area contributed by atoms with Crippen molar-refractivity contribution in [1.82, 2.24) is 14.8 Å². The van der Waals surface area contributed by atoms with Gasteiger partial charge >= 0.3 is 5.69 Å². The van der Waals surface area contributed by atoms with Gasteiger partial charge in [0.05, 0.1) is 0 Å². The first-order valence-electron chi connectivity index (χ1n) is 6.92. The fourth-order valence-electron chi connectivity index (χ4n) is 1.98. The Hall–Kier alpha value is -1.05. The van der Waals surface area contributed by atoms with Crippen molar-refractivity contribution >= 4 is 27.7 Å². The molecule has 0 bridgehead atoms. The summed E-state index contributed by atoms with van der Waals surface area (Å²) in [5.74, 6) is 0. The molecular weight excluding hydrogens is 352 g/mol. The molecule has 0 amide bonds. The molecule has 3 N–H and O–H groups in total. The van der Waals surface area contributed by atoms with Crippen LogP contribution in [0.2, 0.25) is 0 Å². The second-order valence-electron chi connectivity index (χ2n) is 4.78. The Morgan fingerprint density at radius 2 is 2.24 bits per heavy atom. The molecule has 1 aromatic heterocycles. The van der Waals surface area contributed by atoms with E-state index in [-0.39, 0.29) is 11.7 Å². The summed E-state index contributed by atoms with van der Waals surface area (Å²) < 4.78 is 2.62. The molecule has 1 unspecified atom stereocenters. The van der Waals surface area contributed by atoms with Crippen LogP contribution >= 0.6 is 27.7 Å².